The predicted molar refractivity (Wildman–Crippen MR) is 105 cm³/mol. The minimum Gasteiger partial charge on any atom is -0.305 e. The van der Waals surface area contributed by atoms with E-state index in [2.05, 4.69) is 19.8 Å². The van der Waals surface area contributed by atoms with Crippen LogP contribution in [0.15, 0.2) is 41.2 Å². The Labute approximate surface area is 158 Å². The number of hydrogen-bond donors (Lipinski definition) is 2. The second kappa shape index (κ2) is 6.07. The van der Waals surface area contributed by atoms with Gasteiger partial charge in [-0.2, -0.15) is 4.52 Å². The fourth-order valence-corrected chi connectivity index (χ4v) is 3.75. The summed E-state index contributed by atoms with van der Waals surface area (Å²) in [5, 5.41) is 5.25. The molecule has 0 atom stereocenters. The van der Waals surface area contributed by atoms with Crippen LogP contribution in [-0.2, 0) is 10.0 Å². The third kappa shape index (κ3) is 3.26. The number of sulfonamides is 1. The topological polar surface area (TPSA) is 109 Å². The number of nitrogens with one attached hydrogen (secondary N) is 2. The normalized spacial score (nSPS) is 12.0. The SMILES string of the molecule is Cc1nc2c3cc(-c4ccc(NS(C)(=O)=O)cc4)c(Cl)cc3[nH]c(=O)n2n1. The maximum Gasteiger partial charge on any atom is 0.348 e. The van der Waals surface area contributed by atoms with E-state index in [0.717, 1.165) is 17.4 Å². The zero-order valence-electron chi connectivity index (χ0n) is 14.3. The third-order valence-electron chi connectivity index (χ3n) is 3.99. The van der Waals surface area contributed by atoms with Crippen LogP contribution in [0.1, 0.15) is 5.82 Å². The lowest BCUT2D eigenvalue weighted by atomic mass is 10.0. The Balaban J connectivity index is 1.89. The molecule has 0 fully saturated rings. The van der Waals surface area contributed by atoms with Gasteiger partial charge in [-0.05, 0) is 36.8 Å². The van der Waals surface area contributed by atoms with Crippen LogP contribution in [0.2, 0.25) is 5.02 Å². The first-order valence-electron chi connectivity index (χ1n) is 7.88. The summed E-state index contributed by atoms with van der Waals surface area (Å²) in [6.07, 6.45) is 1.09. The van der Waals surface area contributed by atoms with Gasteiger partial charge in [-0.25, -0.2) is 18.2 Å². The second-order valence-corrected chi connectivity index (χ2v) is 8.31. The standard InChI is InChI=1S/C17H14ClN5O3S/c1-9-19-16-13-7-12(10-3-5-11(6-4-10)22-27(2,25)26)14(18)8-15(13)20-17(24)23(16)21-9/h3-8,22H,1-2H3,(H,20,24). The van der Waals surface area contributed by atoms with Crippen molar-refractivity contribution in [3.63, 3.8) is 0 Å². The number of aromatic nitrogens is 4. The van der Waals surface area contributed by atoms with E-state index >= 15 is 0 Å². The number of nitrogens with zero attached hydrogens (tertiary/aromatic N) is 3. The van der Waals surface area contributed by atoms with Gasteiger partial charge in [0.15, 0.2) is 5.65 Å². The van der Waals surface area contributed by atoms with Gasteiger partial charge >= 0.3 is 5.69 Å². The average molecular weight is 404 g/mol. The molecule has 2 aromatic carbocycles. The van der Waals surface area contributed by atoms with E-state index in [-0.39, 0.29) is 0 Å². The molecule has 0 aliphatic carbocycles. The lowest BCUT2D eigenvalue weighted by Crippen LogP contribution is -2.17. The highest BCUT2D eigenvalue weighted by Gasteiger charge is 2.13. The number of H-pyrrole nitrogens is 1. The zero-order chi connectivity index (χ0) is 19.3. The molecule has 0 saturated heterocycles. The number of hydrogen-bond acceptors (Lipinski definition) is 5. The molecule has 10 heteroatoms. The molecule has 0 aliphatic rings. The van der Waals surface area contributed by atoms with Gasteiger partial charge in [-0.15, -0.1) is 5.10 Å². The summed E-state index contributed by atoms with van der Waals surface area (Å²) in [6.45, 7) is 1.71. The Morgan fingerprint density at radius 1 is 1.19 bits per heavy atom. The summed E-state index contributed by atoms with van der Waals surface area (Å²) < 4.78 is 26.3. The molecular formula is C17H14ClN5O3S. The van der Waals surface area contributed by atoms with Crippen LogP contribution in [0.4, 0.5) is 5.69 Å². The van der Waals surface area contributed by atoms with Crippen LogP contribution in [0.3, 0.4) is 0 Å². The Morgan fingerprint density at radius 2 is 1.89 bits per heavy atom. The minimum absolute atomic E-state index is 0.391. The lowest BCUT2D eigenvalue weighted by molar-refractivity contribution is 0.607. The average Bonchev–Trinajstić information content (AvgIpc) is 2.96. The summed E-state index contributed by atoms with van der Waals surface area (Å²) >= 11 is 6.42. The summed E-state index contributed by atoms with van der Waals surface area (Å²) in [4.78, 5) is 19.2. The molecule has 0 spiro atoms. The van der Waals surface area contributed by atoms with Crippen LogP contribution >= 0.6 is 11.6 Å². The molecule has 0 aliphatic heterocycles. The molecule has 2 heterocycles. The Hall–Kier alpha value is -2.91. The first kappa shape index (κ1) is 17.5. The Bertz CT molecular complexity index is 1360. The van der Waals surface area contributed by atoms with E-state index in [1.807, 2.05) is 6.07 Å². The maximum atomic E-state index is 12.1. The fraction of sp³-hybridized carbons (Fsp3) is 0.118. The van der Waals surface area contributed by atoms with E-state index in [4.69, 9.17) is 11.6 Å². The first-order valence-corrected chi connectivity index (χ1v) is 10.2. The van der Waals surface area contributed by atoms with E-state index in [1.165, 1.54) is 4.52 Å². The van der Waals surface area contributed by atoms with Gasteiger partial charge in [0.1, 0.15) is 5.82 Å². The molecule has 0 bridgehead atoms. The Morgan fingerprint density at radius 3 is 2.56 bits per heavy atom. The first-order chi connectivity index (χ1) is 12.7. The number of benzene rings is 2. The molecule has 0 unspecified atom stereocenters. The van der Waals surface area contributed by atoms with Crippen LogP contribution in [-0.4, -0.2) is 34.3 Å². The number of aromatic amines is 1. The van der Waals surface area contributed by atoms with Crippen molar-refractivity contribution < 1.29 is 8.42 Å². The van der Waals surface area contributed by atoms with Gasteiger partial charge in [0.05, 0.1) is 16.8 Å². The van der Waals surface area contributed by atoms with Crippen molar-refractivity contribution in [2.45, 2.75) is 6.92 Å². The maximum absolute atomic E-state index is 12.1. The van der Waals surface area contributed by atoms with Crippen molar-refractivity contribution in [3.8, 4) is 11.1 Å². The molecule has 0 saturated carbocycles. The van der Waals surface area contributed by atoms with Gasteiger partial charge in [-0.3, -0.25) is 4.72 Å². The van der Waals surface area contributed by atoms with Crippen molar-refractivity contribution in [1.82, 2.24) is 19.6 Å². The molecule has 2 aromatic heterocycles. The number of anilines is 1. The predicted octanol–water partition coefficient (Wildman–Crippen LogP) is 2.57. The molecule has 2 N–H and O–H groups in total. The number of rotatable bonds is 3. The van der Waals surface area contributed by atoms with Gasteiger partial charge in [-0.1, -0.05) is 23.7 Å². The van der Waals surface area contributed by atoms with Crippen molar-refractivity contribution in [1.29, 1.82) is 0 Å². The van der Waals surface area contributed by atoms with E-state index in [1.54, 1.807) is 37.3 Å². The largest absolute Gasteiger partial charge is 0.348 e. The quantitative estimate of drug-likeness (QED) is 0.546. The molecule has 4 rings (SSSR count). The monoisotopic (exact) mass is 403 g/mol. The van der Waals surface area contributed by atoms with Crippen molar-refractivity contribution >= 4 is 43.9 Å². The smallest absolute Gasteiger partial charge is 0.305 e. The molecule has 27 heavy (non-hydrogen) atoms. The van der Waals surface area contributed by atoms with Crippen LogP contribution < -0.4 is 10.4 Å². The zero-order valence-corrected chi connectivity index (χ0v) is 15.9. The van der Waals surface area contributed by atoms with Gasteiger partial charge < -0.3 is 4.98 Å². The lowest BCUT2D eigenvalue weighted by Gasteiger charge is -2.09. The molecule has 0 radical (unpaired) electrons. The Kier molecular flexibility index (Phi) is 3.93. The third-order valence-corrected chi connectivity index (χ3v) is 4.91. The second-order valence-electron chi connectivity index (χ2n) is 6.15. The summed E-state index contributed by atoms with van der Waals surface area (Å²) in [7, 11) is -3.35. The van der Waals surface area contributed by atoms with E-state index in [9.17, 15) is 13.2 Å². The van der Waals surface area contributed by atoms with Crippen LogP contribution in [0.5, 0.6) is 0 Å². The van der Waals surface area contributed by atoms with E-state index in [0.29, 0.717) is 33.1 Å². The summed E-state index contributed by atoms with van der Waals surface area (Å²) in [6, 6.07) is 10.3. The number of aryl methyl sites for hydroxylation is 1. The van der Waals surface area contributed by atoms with E-state index < -0.39 is 15.7 Å². The number of halogens is 1. The molecular weight excluding hydrogens is 390 g/mol. The molecule has 0 amide bonds. The highest BCUT2D eigenvalue weighted by molar-refractivity contribution is 7.92. The highest BCUT2D eigenvalue weighted by atomic mass is 35.5. The van der Waals surface area contributed by atoms with Gasteiger partial charge in [0.2, 0.25) is 10.0 Å². The highest BCUT2D eigenvalue weighted by Crippen LogP contribution is 2.33. The van der Waals surface area contributed by atoms with Crippen LogP contribution in [0, 0.1) is 6.92 Å². The van der Waals surface area contributed by atoms with Crippen LogP contribution in [0.25, 0.3) is 27.7 Å². The van der Waals surface area contributed by atoms with Gasteiger partial charge in [0, 0.05) is 16.6 Å². The van der Waals surface area contributed by atoms with Gasteiger partial charge in [0.25, 0.3) is 0 Å². The van der Waals surface area contributed by atoms with Crippen molar-refractivity contribution in [2.24, 2.45) is 0 Å². The molecule has 138 valence electrons. The molecule has 8 nitrogen and oxygen atoms in total. The fourth-order valence-electron chi connectivity index (χ4n) is 2.91. The summed E-state index contributed by atoms with van der Waals surface area (Å²) in [5.41, 5.74) is 2.59. The molecule has 4 aromatic rings. The van der Waals surface area contributed by atoms with Crippen molar-refractivity contribution in [3.05, 3.63) is 57.7 Å². The number of fused-ring (bicyclic) bond motifs is 3. The summed E-state index contributed by atoms with van der Waals surface area (Å²) in [5.74, 6) is 0.487. The minimum atomic E-state index is -3.35. The van der Waals surface area contributed by atoms with Crippen molar-refractivity contribution in [2.75, 3.05) is 11.0 Å².